The van der Waals surface area contributed by atoms with Crippen molar-refractivity contribution in [1.29, 1.82) is 0 Å². The monoisotopic (exact) mass is 213 g/mol. The van der Waals surface area contributed by atoms with Gasteiger partial charge in [-0.2, -0.15) is 0 Å². The molecule has 0 radical (unpaired) electrons. The maximum absolute atomic E-state index is 13.3. The average Bonchev–Trinajstić information content (AvgIpc) is 2.74. The van der Waals surface area contributed by atoms with Crippen LogP contribution in [-0.4, -0.2) is 17.7 Å². The Balaban J connectivity index is 2.24. The third-order valence-electron chi connectivity index (χ3n) is 2.78. The molecule has 1 fully saturated rings. The predicted molar refractivity (Wildman–Crippen MR) is 52.3 cm³/mol. The van der Waals surface area contributed by atoms with E-state index in [2.05, 4.69) is 5.32 Å². The maximum Gasteiger partial charge on any atom is 0.164 e. The van der Waals surface area contributed by atoms with Gasteiger partial charge in [0, 0.05) is 11.6 Å². The van der Waals surface area contributed by atoms with Gasteiger partial charge in [0.15, 0.2) is 11.6 Å². The number of hydrogen-bond donors (Lipinski definition) is 2. The van der Waals surface area contributed by atoms with Crippen LogP contribution in [0.1, 0.15) is 24.5 Å². The molecule has 4 heteroatoms. The van der Waals surface area contributed by atoms with Gasteiger partial charge in [-0.1, -0.05) is 12.1 Å². The van der Waals surface area contributed by atoms with E-state index >= 15 is 0 Å². The number of halogens is 2. The largest absolute Gasteiger partial charge is 0.387 e. The Labute approximate surface area is 86.9 Å². The Bertz CT molecular complexity index is 350. The van der Waals surface area contributed by atoms with Crippen molar-refractivity contribution in [2.45, 2.75) is 25.0 Å². The van der Waals surface area contributed by atoms with E-state index in [1.807, 2.05) is 0 Å². The fourth-order valence-corrected chi connectivity index (χ4v) is 1.95. The first-order valence-electron chi connectivity index (χ1n) is 5.05. The molecule has 0 aliphatic carbocycles. The molecule has 1 heterocycles. The fourth-order valence-electron chi connectivity index (χ4n) is 1.95. The van der Waals surface area contributed by atoms with Crippen LogP contribution in [0.3, 0.4) is 0 Å². The molecule has 82 valence electrons. The predicted octanol–water partition coefficient (Wildman–Crippen LogP) is 1.75. The molecule has 0 amide bonds. The molecule has 2 atom stereocenters. The summed E-state index contributed by atoms with van der Waals surface area (Å²) >= 11 is 0. The second kappa shape index (κ2) is 4.24. The zero-order valence-corrected chi connectivity index (χ0v) is 8.21. The molecule has 2 rings (SSSR count). The highest BCUT2D eigenvalue weighted by atomic mass is 19.2. The molecule has 1 aliphatic heterocycles. The van der Waals surface area contributed by atoms with E-state index in [1.165, 1.54) is 12.1 Å². The third-order valence-corrected chi connectivity index (χ3v) is 2.78. The zero-order valence-electron chi connectivity index (χ0n) is 8.21. The molecule has 0 bridgehead atoms. The van der Waals surface area contributed by atoms with Crippen molar-refractivity contribution < 1.29 is 13.9 Å². The molecule has 15 heavy (non-hydrogen) atoms. The highest BCUT2D eigenvalue weighted by Crippen LogP contribution is 2.25. The Morgan fingerprint density at radius 1 is 1.40 bits per heavy atom. The lowest BCUT2D eigenvalue weighted by Crippen LogP contribution is -2.29. The van der Waals surface area contributed by atoms with Crippen LogP contribution in [0.4, 0.5) is 8.78 Å². The summed E-state index contributed by atoms with van der Waals surface area (Å²) in [4.78, 5) is 0. The second-order valence-corrected chi connectivity index (χ2v) is 3.79. The lowest BCUT2D eigenvalue weighted by atomic mass is 10.0. The van der Waals surface area contributed by atoms with Crippen LogP contribution < -0.4 is 5.32 Å². The average molecular weight is 213 g/mol. The Kier molecular flexibility index (Phi) is 2.98. The topological polar surface area (TPSA) is 32.3 Å². The van der Waals surface area contributed by atoms with Crippen molar-refractivity contribution >= 4 is 0 Å². The quantitative estimate of drug-likeness (QED) is 0.784. The van der Waals surface area contributed by atoms with E-state index < -0.39 is 17.7 Å². The Morgan fingerprint density at radius 3 is 2.87 bits per heavy atom. The minimum Gasteiger partial charge on any atom is -0.387 e. The molecule has 2 N–H and O–H groups in total. The molecule has 0 spiro atoms. The first kappa shape index (κ1) is 10.5. The molecule has 1 aromatic carbocycles. The number of nitrogens with one attached hydrogen (secondary N) is 1. The lowest BCUT2D eigenvalue weighted by molar-refractivity contribution is 0.132. The normalized spacial score (nSPS) is 23.0. The van der Waals surface area contributed by atoms with Gasteiger partial charge in [-0.25, -0.2) is 8.78 Å². The molecular formula is C11H13F2NO. The van der Waals surface area contributed by atoms with Crippen molar-refractivity contribution in [2.75, 3.05) is 6.54 Å². The molecule has 0 saturated carbocycles. The van der Waals surface area contributed by atoms with Crippen LogP contribution in [0.25, 0.3) is 0 Å². The van der Waals surface area contributed by atoms with Gasteiger partial charge < -0.3 is 10.4 Å². The van der Waals surface area contributed by atoms with Gasteiger partial charge in [0.1, 0.15) is 0 Å². The number of aliphatic hydroxyl groups excluding tert-OH is 1. The lowest BCUT2D eigenvalue weighted by Gasteiger charge is -2.19. The van der Waals surface area contributed by atoms with Crippen LogP contribution in [0.15, 0.2) is 18.2 Å². The van der Waals surface area contributed by atoms with Gasteiger partial charge in [0.2, 0.25) is 0 Å². The molecule has 1 saturated heterocycles. The van der Waals surface area contributed by atoms with Crippen LogP contribution in [0, 0.1) is 11.6 Å². The highest BCUT2D eigenvalue weighted by Gasteiger charge is 2.26. The molecule has 1 aliphatic rings. The van der Waals surface area contributed by atoms with Crippen molar-refractivity contribution in [3.8, 4) is 0 Å². The zero-order chi connectivity index (χ0) is 10.8. The van der Waals surface area contributed by atoms with Gasteiger partial charge in [-0.3, -0.25) is 0 Å². The van der Waals surface area contributed by atoms with E-state index in [9.17, 15) is 13.9 Å². The summed E-state index contributed by atoms with van der Waals surface area (Å²) in [5.74, 6) is -1.86. The summed E-state index contributed by atoms with van der Waals surface area (Å²) in [6, 6.07) is 3.71. The minimum atomic E-state index is -0.969. The van der Waals surface area contributed by atoms with Crippen molar-refractivity contribution in [2.24, 2.45) is 0 Å². The van der Waals surface area contributed by atoms with Crippen LogP contribution in [0.2, 0.25) is 0 Å². The summed E-state index contributed by atoms with van der Waals surface area (Å²) in [5, 5.41) is 12.9. The van der Waals surface area contributed by atoms with E-state index in [1.54, 1.807) is 0 Å². The smallest absolute Gasteiger partial charge is 0.164 e. The minimum absolute atomic E-state index is 0.0365. The maximum atomic E-state index is 13.3. The van der Waals surface area contributed by atoms with Crippen LogP contribution >= 0.6 is 0 Å². The molecular weight excluding hydrogens is 200 g/mol. The highest BCUT2D eigenvalue weighted by molar-refractivity contribution is 5.22. The molecule has 0 aromatic heterocycles. The Morgan fingerprint density at radius 2 is 2.20 bits per heavy atom. The van der Waals surface area contributed by atoms with Gasteiger partial charge >= 0.3 is 0 Å². The summed E-state index contributed by atoms with van der Waals surface area (Å²) in [6.07, 6.45) is 0.777. The van der Waals surface area contributed by atoms with Crippen molar-refractivity contribution in [3.05, 3.63) is 35.4 Å². The summed E-state index contributed by atoms with van der Waals surface area (Å²) in [6.45, 7) is 0.818. The first-order valence-corrected chi connectivity index (χ1v) is 5.05. The number of rotatable bonds is 2. The van der Waals surface area contributed by atoms with E-state index in [0.717, 1.165) is 25.5 Å². The number of aliphatic hydroxyl groups is 1. The van der Waals surface area contributed by atoms with Crippen LogP contribution in [-0.2, 0) is 0 Å². The molecule has 2 nitrogen and oxygen atoms in total. The number of benzene rings is 1. The third kappa shape index (κ3) is 2.01. The standard InChI is InChI=1S/C11H13F2NO/c12-8-4-1-3-7(10(8)13)11(15)9-5-2-6-14-9/h1,3-4,9,11,14-15H,2,5-6H2/t9-,11+/m0/s1. The second-order valence-electron chi connectivity index (χ2n) is 3.79. The van der Waals surface area contributed by atoms with E-state index in [4.69, 9.17) is 0 Å². The molecule has 0 unspecified atom stereocenters. The number of hydrogen-bond acceptors (Lipinski definition) is 2. The van der Waals surface area contributed by atoms with Gasteiger partial charge in [0.25, 0.3) is 0 Å². The van der Waals surface area contributed by atoms with E-state index in [-0.39, 0.29) is 11.6 Å². The Hall–Kier alpha value is -1.00. The van der Waals surface area contributed by atoms with Crippen molar-refractivity contribution in [3.63, 3.8) is 0 Å². The van der Waals surface area contributed by atoms with Gasteiger partial charge in [-0.05, 0) is 25.5 Å². The summed E-state index contributed by atoms with van der Waals surface area (Å²) in [7, 11) is 0. The van der Waals surface area contributed by atoms with E-state index in [0.29, 0.717) is 0 Å². The summed E-state index contributed by atoms with van der Waals surface area (Å²) in [5.41, 5.74) is 0.0365. The first-order chi connectivity index (χ1) is 7.20. The fraction of sp³-hybridized carbons (Fsp3) is 0.455. The van der Waals surface area contributed by atoms with Crippen molar-refractivity contribution in [1.82, 2.24) is 5.32 Å². The van der Waals surface area contributed by atoms with Gasteiger partial charge in [0.05, 0.1) is 6.10 Å². The van der Waals surface area contributed by atoms with Gasteiger partial charge in [-0.15, -0.1) is 0 Å². The molecule has 1 aromatic rings. The SMILES string of the molecule is O[C@H](c1cccc(F)c1F)[C@@H]1CCCN1. The summed E-state index contributed by atoms with van der Waals surface area (Å²) < 4.78 is 26.3. The van der Waals surface area contributed by atoms with Crippen LogP contribution in [0.5, 0.6) is 0 Å².